The molecule has 0 radical (unpaired) electrons. The first-order chi connectivity index (χ1) is 20.3. The van der Waals surface area contributed by atoms with Crippen LogP contribution in [-0.4, -0.2) is 24.5 Å². The van der Waals surface area contributed by atoms with Gasteiger partial charge in [0.15, 0.2) is 0 Å². The lowest BCUT2D eigenvalue weighted by Gasteiger charge is -2.10. The minimum absolute atomic E-state index is 0.509. The third kappa shape index (κ3) is 3.99. The van der Waals surface area contributed by atoms with Crippen molar-refractivity contribution in [1.82, 2.24) is 24.5 Å². The maximum atomic E-state index is 5.40. The van der Waals surface area contributed by atoms with Crippen LogP contribution in [0.2, 0.25) is 0 Å². The molecule has 0 fully saturated rings. The Morgan fingerprint density at radius 2 is 1.00 bits per heavy atom. The van der Waals surface area contributed by atoms with Crippen LogP contribution in [0.3, 0.4) is 0 Å². The lowest BCUT2D eigenvalue weighted by atomic mass is 10.0. The topological polar surface area (TPSA) is 82.8 Å². The van der Waals surface area contributed by atoms with E-state index >= 15 is 0 Å². The largest absolute Gasteiger partial charge is 0.443 e. The maximum absolute atomic E-state index is 5.40. The lowest BCUT2D eigenvalue weighted by molar-refractivity contribution is 0.572. The zero-order chi connectivity index (χ0) is 27.2. The standard InChI is InChI=1S/C34H21N5O2/c1-2-4-26(5-3-1)39-31-18-22(24-8-12-29(37-20-24)33-35-14-16-40-33)6-10-27(31)28-11-7-23(19-32(28)39)25-9-13-30(38-21-25)34-36-15-17-41-34/h1-21H. The number of oxazole rings is 2. The predicted octanol–water partition coefficient (Wildman–Crippen LogP) is 8.22. The summed E-state index contributed by atoms with van der Waals surface area (Å²) in [4.78, 5) is 17.6. The zero-order valence-corrected chi connectivity index (χ0v) is 21.7. The number of hydrogen-bond acceptors (Lipinski definition) is 6. The van der Waals surface area contributed by atoms with Crippen LogP contribution in [0, 0.1) is 0 Å². The van der Waals surface area contributed by atoms with Crippen molar-refractivity contribution in [1.29, 1.82) is 0 Å². The first kappa shape index (κ1) is 23.1. The lowest BCUT2D eigenvalue weighted by Crippen LogP contribution is -1.94. The highest BCUT2D eigenvalue weighted by Crippen LogP contribution is 2.37. The van der Waals surface area contributed by atoms with E-state index in [-0.39, 0.29) is 0 Å². The summed E-state index contributed by atoms with van der Waals surface area (Å²) in [5.41, 5.74) is 8.94. The summed E-state index contributed by atoms with van der Waals surface area (Å²) in [6.07, 6.45) is 10.1. The highest BCUT2D eigenvalue weighted by Gasteiger charge is 2.15. The molecule has 0 aliphatic carbocycles. The van der Waals surface area contributed by atoms with Gasteiger partial charge in [0.2, 0.25) is 11.8 Å². The smallest absolute Gasteiger partial charge is 0.244 e. The van der Waals surface area contributed by atoms with Crippen LogP contribution in [0.5, 0.6) is 0 Å². The quantitative estimate of drug-likeness (QED) is 0.223. The maximum Gasteiger partial charge on any atom is 0.244 e. The van der Waals surface area contributed by atoms with E-state index in [1.54, 1.807) is 24.9 Å². The second-order valence-electron chi connectivity index (χ2n) is 9.67. The molecule has 0 bridgehead atoms. The van der Waals surface area contributed by atoms with Crippen LogP contribution < -0.4 is 0 Å². The molecule has 0 unspecified atom stereocenters. The van der Waals surface area contributed by atoms with E-state index in [1.807, 2.05) is 30.6 Å². The van der Waals surface area contributed by atoms with Gasteiger partial charge in [-0.25, -0.2) is 9.97 Å². The van der Waals surface area contributed by atoms with Gasteiger partial charge < -0.3 is 13.4 Å². The summed E-state index contributed by atoms with van der Waals surface area (Å²) in [5, 5.41) is 2.36. The Morgan fingerprint density at radius 3 is 1.44 bits per heavy atom. The molecule has 8 aromatic rings. The third-order valence-electron chi connectivity index (χ3n) is 7.28. The fraction of sp³-hybridized carbons (Fsp3) is 0. The Hall–Kier alpha value is -5.82. The van der Waals surface area contributed by atoms with E-state index in [1.165, 1.54) is 10.8 Å². The number of fused-ring (bicyclic) bond motifs is 3. The number of pyridine rings is 2. The van der Waals surface area contributed by atoms with Crippen molar-refractivity contribution in [2.75, 3.05) is 0 Å². The van der Waals surface area contributed by atoms with Gasteiger partial charge in [-0.2, -0.15) is 0 Å². The molecule has 0 saturated heterocycles. The van der Waals surface area contributed by atoms with Crippen molar-refractivity contribution in [3.63, 3.8) is 0 Å². The van der Waals surface area contributed by atoms with Gasteiger partial charge in [-0.3, -0.25) is 9.97 Å². The van der Waals surface area contributed by atoms with Crippen molar-refractivity contribution in [2.24, 2.45) is 0 Å². The van der Waals surface area contributed by atoms with Crippen LogP contribution in [0.25, 0.3) is 72.9 Å². The van der Waals surface area contributed by atoms with Crippen LogP contribution in [0.1, 0.15) is 0 Å². The van der Waals surface area contributed by atoms with Crippen molar-refractivity contribution in [3.8, 4) is 51.1 Å². The van der Waals surface area contributed by atoms with Gasteiger partial charge in [-0.15, -0.1) is 0 Å². The van der Waals surface area contributed by atoms with Crippen LogP contribution >= 0.6 is 0 Å². The molecule has 0 aliphatic rings. The van der Waals surface area contributed by atoms with Gasteiger partial charge in [0.25, 0.3) is 0 Å². The second-order valence-corrected chi connectivity index (χ2v) is 9.67. The summed E-state index contributed by atoms with van der Waals surface area (Å²) in [6, 6.07) is 31.6. The zero-order valence-electron chi connectivity index (χ0n) is 21.7. The molecule has 0 spiro atoms. The molecule has 5 aromatic heterocycles. The first-order valence-corrected chi connectivity index (χ1v) is 13.2. The van der Waals surface area contributed by atoms with E-state index in [4.69, 9.17) is 8.83 Å². The van der Waals surface area contributed by atoms with Gasteiger partial charge in [0.05, 0.1) is 23.4 Å². The van der Waals surface area contributed by atoms with Crippen molar-refractivity contribution in [3.05, 3.63) is 128 Å². The van der Waals surface area contributed by atoms with Crippen LogP contribution in [0.15, 0.2) is 137 Å². The minimum atomic E-state index is 0.509. The molecule has 7 heteroatoms. The van der Waals surface area contributed by atoms with E-state index in [0.29, 0.717) is 23.2 Å². The van der Waals surface area contributed by atoms with Gasteiger partial charge in [-0.05, 0) is 47.5 Å². The minimum Gasteiger partial charge on any atom is -0.443 e. The van der Waals surface area contributed by atoms with Gasteiger partial charge in [0, 0.05) is 40.0 Å². The normalized spacial score (nSPS) is 11.4. The summed E-state index contributed by atoms with van der Waals surface area (Å²) in [6.45, 7) is 0. The average Bonchev–Trinajstić information content (AvgIpc) is 3.82. The molecular formula is C34H21N5O2. The summed E-state index contributed by atoms with van der Waals surface area (Å²) < 4.78 is 13.1. The number of aromatic nitrogens is 5. The summed E-state index contributed by atoms with van der Waals surface area (Å²) >= 11 is 0. The highest BCUT2D eigenvalue weighted by atomic mass is 16.3. The van der Waals surface area contributed by atoms with Crippen LogP contribution in [-0.2, 0) is 0 Å². The number of para-hydroxylation sites is 1. The van der Waals surface area contributed by atoms with E-state index in [9.17, 15) is 0 Å². The number of hydrogen-bond donors (Lipinski definition) is 0. The number of nitrogens with zero attached hydrogens (tertiary/aromatic N) is 5. The predicted molar refractivity (Wildman–Crippen MR) is 158 cm³/mol. The summed E-state index contributed by atoms with van der Waals surface area (Å²) in [5.74, 6) is 1.02. The fourth-order valence-electron chi connectivity index (χ4n) is 5.32. The fourth-order valence-corrected chi connectivity index (χ4v) is 5.32. The Balaban J connectivity index is 1.27. The molecule has 3 aromatic carbocycles. The van der Waals surface area contributed by atoms with Gasteiger partial charge >= 0.3 is 0 Å². The first-order valence-electron chi connectivity index (χ1n) is 13.2. The van der Waals surface area contributed by atoms with E-state index in [2.05, 4.69) is 97.3 Å². The number of benzene rings is 3. The molecule has 0 aliphatic heterocycles. The molecule has 0 saturated carbocycles. The highest BCUT2D eigenvalue weighted by molar-refractivity contribution is 6.11. The molecular weight excluding hydrogens is 510 g/mol. The van der Waals surface area contributed by atoms with E-state index in [0.717, 1.165) is 39.0 Å². The molecule has 194 valence electrons. The van der Waals surface area contributed by atoms with Crippen molar-refractivity contribution < 1.29 is 8.83 Å². The molecule has 8 rings (SSSR count). The summed E-state index contributed by atoms with van der Waals surface area (Å²) in [7, 11) is 0. The van der Waals surface area contributed by atoms with Gasteiger partial charge in [0.1, 0.15) is 23.9 Å². The van der Waals surface area contributed by atoms with E-state index < -0.39 is 0 Å². The Kier molecular flexibility index (Phi) is 5.31. The number of rotatable bonds is 5. The molecule has 5 heterocycles. The Morgan fingerprint density at radius 1 is 0.488 bits per heavy atom. The van der Waals surface area contributed by atoms with Crippen LogP contribution in [0.4, 0.5) is 0 Å². The molecule has 0 atom stereocenters. The molecule has 41 heavy (non-hydrogen) atoms. The molecule has 7 nitrogen and oxygen atoms in total. The SMILES string of the molecule is c1ccc(-n2c3cc(-c4ccc(-c5ncco5)nc4)ccc3c3ccc(-c4ccc(-c5ncco5)nc4)cc32)cc1. The van der Waals surface area contributed by atoms with Gasteiger partial charge in [-0.1, -0.05) is 54.6 Å². The monoisotopic (exact) mass is 531 g/mol. The third-order valence-corrected chi connectivity index (χ3v) is 7.28. The molecule has 0 amide bonds. The molecule has 0 N–H and O–H groups in total. The van der Waals surface area contributed by atoms with Crippen molar-refractivity contribution >= 4 is 21.8 Å². The van der Waals surface area contributed by atoms with Crippen molar-refractivity contribution in [2.45, 2.75) is 0 Å². The average molecular weight is 532 g/mol. The Labute approximate surface area is 234 Å². The Bertz CT molecular complexity index is 1980. The second kappa shape index (κ2) is 9.43.